The van der Waals surface area contributed by atoms with Crippen LogP contribution in [0.2, 0.25) is 0 Å². The third-order valence-corrected chi connectivity index (χ3v) is 3.29. The zero-order chi connectivity index (χ0) is 16.8. The van der Waals surface area contributed by atoms with Gasteiger partial charge in [0, 0.05) is 11.8 Å². The van der Waals surface area contributed by atoms with E-state index in [2.05, 4.69) is 20.6 Å². The van der Waals surface area contributed by atoms with Crippen LogP contribution in [-0.2, 0) is 6.54 Å². The van der Waals surface area contributed by atoms with E-state index >= 15 is 0 Å². The minimum Gasteiger partial charge on any atom is -0.378 e. The number of halogens is 1. The molecular weight excluding hydrogens is 307 g/mol. The molecule has 120 valence electrons. The highest BCUT2D eigenvalue weighted by Gasteiger charge is 2.07. The van der Waals surface area contributed by atoms with Crippen molar-refractivity contribution in [3.05, 3.63) is 84.1 Å². The molecule has 0 saturated heterocycles. The van der Waals surface area contributed by atoms with Crippen molar-refractivity contribution in [3.63, 3.8) is 0 Å². The molecule has 0 aliphatic heterocycles. The first kappa shape index (κ1) is 15.6. The number of carbonyl (C=O) groups excluding carboxylic acids is 1. The molecule has 2 N–H and O–H groups in total. The van der Waals surface area contributed by atoms with Gasteiger partial charge in [-0.25, -0.2) is 9.37 Å². The normalized spacial score (nSPS) is 10.2. The van der Waals surface area contributed by atoms with E-state index < -0.39 is 11.7 Å². The predicted octanol–water partition coefficient (Wildman–Crippen LogP) is 3.48. The number of anilines is 2. The number of nitrogens with zero attached hydrogens (tertiary/aromatic N) is 2. The second-order valence-electron chi connectivity index (χ2n) is 5.07. The van der Waals surface area contributed by atoms with Crippen molar-refractivity contribution in [2.24, 2.45) is 0 Å². The number of carbonyl (C=O) groups is 1. The molecule has 3 rings (SSSR count). The van der Waals surface area contributed by atoms with Gasteiger partial charge in [0.15, 0.2) is 0 Å². The summed E-state index contributed by atoms with van der Waals surface area (Å²) in [7, 11) is 0. The Morgan fingerprint density at radius 2 is 1.96 bits per heavy atom. The summed E-state index contributed by atoms with van der Waals surface area (Å²) in [5, 5.41) is 5.82. The van der Waals surface area contributed by atoms with Crippen molar-refractivity contribution in [3.8, 4) is 0 Å². The molecule has 2 aromatic heterocycles. The largest absolute Gasteiger partial charge is 0.378 e. The molecule has 3 aromatic rings. The third kappa shape index (κ3) is 4.13. The van der Waals surface area contributed by atoms with Gasteiger partial charge in [-0.2, -0.15) is 0 Å². The third-order valence-electron chi connectivity index (χ3n) is 3.29. The molecule has 0 bridgehead atoms. The van der Waals surface area contributed by atoms with Crippen molar-refractivity contribution in [2.45, 2.75) is 6.54 Å². The van der Waals surface area contributed by atoms with E-state index in [1.54, 1.807) is 30.6 Å². The number of amides is 1. The Morgan fingerprint density at radius 3 is 2.67 bits per heavy atom. The lowest BCUT2D eigenvalue weighted by Crippen LogP contribution is -2.13. The zero-order valence-electron chi connectivity index (χ0n) is 12.7. The number of hydrogen-bond donors (Lipinski definition) is 2. The van der Waals surface area contributed by atoms with E-state index in [0.717, 1.165) is 11.4 Å². The molecule has 0 spiro atoms. The van der Waals surface area contributed by atoms with Crippen molar-refractivity contribution in [1.29, 1.82) is 0 Å². The van der Waals surface area contributed by atoms with Crippen molar-refractivity contribution >= 4 is 17.4 Å². The van der Waals surface area contributed by atoms with Crippen LogP contribution in [0.15, 0.2) is 67.0 Å². The molecule has 0 saturated carbocycles. The highest BCUT2D eigenvalue weighted by Crippen LogP contribution is 2.12. The molecule has 0 aliphatic rings. The quantitative estimate of drug-likeness (QED) is 0.755. The minimum atomic E-state index is -0.454. The SMILES string of the molecule is O=C(Nc1ccc(NCc2ccccn2)cn1)c1cccc(F)c1. The molecule has 0 unspecified atom stereocenters. The molecule has 0 radical (unpaired) electrons. The molecule has 1 amide bonds. The van der Waals surface area contributed by atoms with E-state index in [9.17, 15) is 9.18 Å². The summed E-state index contributed by atoms with van der Waals surface area (Å²) in [6.45, 7) is 0.581. The Labute approximate surface area is 138 Å². The van der Waals surface area contributed by atoms with Gasteiger partial charge in [0.2, 0.25) is 0 Å². The second kappa shape index (κ2) is 7.32. The number of nitrogens with one attached hydrogen (secondary N) is 2. The lowest BCUT2D eigenvalue weighted by atomic mass is 10.2. The number of rotatable bonds is 5. The summed E-state index contributed by atoms with van der Waals surface area (Å²) in [5.41, 5.74) is 1.97. The average molecular weight is 322 g/mol. The lowest BCUT2D eigenvalue weighted by molar-refractivity contribution is 0.102. The Morgan fingerprint density at radius 1 is 1.04 bits per heavy atom. The summed E-state index contributed by atoms with van der Waals surface area (Å²) in [6, 6.07) is 14.7. The molecule has 6 heteroatoms. The first-order chi connectivity index (χ1) is 11.7. The van der Waals surface area contributed by atoms with Crippen LogP contribution < -0.4 is 10.6 Å². The monoisotopic (exact) mass is 322 g/mol. The van der Waals surface area contributed by atoms with Crippen molar-refractivity contribution in [1.82, 2.24) is 9.97 Å². The predicted molar refractivity (Wildman–Crippen MR) is 90.2 cm³/mol. The maximum Gasteiger partial charge on any atom is 0.256 e. The molecule has 5 nitrogen and oxygen atoms in total. The van der Waals surface area contributed by atoms with Gasteiger partial charge in [0.05, 0.1) is 24.1 Å². The lowest BCUT2D eigenvalue weighted by Gasteiger charge is -2.08. The number of pyridine rings is 2. The van der Waals surface area contributed by atoms with Gasteiger partial charge in [-0.15, -0.1) is 0 Å². The smallest absolute Gasteiger partial charge is 0.256 e. The van der Waals surface area contributed by atoms with Gasteiger partial charge < -0.3 is 10.6 Å². The Kier molecular flexibility index (Phi) is 4.76. The average Bonchev–Trinajstić information content (AvgIpc) is 2.62. The number of aromatic nitrogens is 2. The summed E-state index contributed by atoms with van der Waals surface area (Å²) in [4.78, 5) is 20.4. The number of benzene rings is 1. The fourth-order valence-corrected chi connectivity index (χ4v) is 2.09. The first-order valence-corrected chi connectivity index (χ1v) is 7.37. The fourth-order valence-electron chi connectivity index (χ4n) is 2.09. The summed E-state index contributed by atoms with van der Waals surface area (Å²) >= 11 is 0. The van der Waals surface area contributed by atoms with Gasteiger partial charge in [-0.1, -0.05) is 12.1 Å². The summed E-state index contributed by atoms with van der Waals surface area (Å²) in [6.07, 6.45) is 3.35. The molecule has 0 fully saturated rings. The molecular formula is C18H15FN4O. The highest BCUT2D eigenvalue weighted by atomic mass is 19.1. The van der Waals surface area contributed by atoms with Crippen LogP contribution >= 0.6 is 0 Å². The van der Waals surface area contributed by atoms with E-state index in [0.29, 0.717) is 12.4 Å². The number of hydrogen-bond acceptors (Lipinski definition) is 4. The van der Waals surface area contributed by atoms with Gasteiger partial charge in [0.1, 0.15) is 11.6 Å². The van der Waals surface area contributed by atoms with Crippen LogP contribution in [-0.4, -0.2) is 15.9 Å². The van der Waals surface area contributed by atoms with Crippen LogP contribution in [0.1, 0.15) is 16.1 Å². The molecule has 0 atom stereocenters. The zero-order valence-corrected chi connectivity index (χ0v) is 12.7. The Bertz CT molecular complexity index is 822. The van der Waals surface area contributed by atoms with Gasteiger partial charge >= 0.3 is 0 Å². The molecule has 24 heavy (non-hydrogen) atoms. The van der Waals surface area contributed by atoms with Crippen LogP contribution in [0.3, 0.4) is 0 Å². The van der Waals surface area contributed by atoms with E-state index in [1.807, 2.05) is 18.2 Å². The van der Waals surface area contributed by atoms with E-state index in [1.165, 1.54) is 18.2 Å². The molecule has 1 aromatic carbocycles. The first-order valence-electron chi connectivity index (χ1n) is 7.37. The summed E-state index contributed by atoms with van der Waals surface area (Å²) in [5.74, 6) is -0.464. The van der Waals surface area contributed by atoms with Crippen molar-refractivity contribution < 1.29 is 9.18 Å². The van der Waals surface area contributed by atoms with E-state index in [-0.39, 0.29) is 5.56 Å². The van der Waals surface area contributed by atoms with Crippen LogP contribution in [0.5, 0.6) is 0 Å². The summed E-state index contributed by atoms with van der Waals surface area (Å²) < 4.78 is 13.1. The van der Waals surface area contributed by atoms with Crippen LogP contribution in [0.25, 0.3) is 0 Å². The maximum atomic E-state index is 13.1. The van der Waals surface area contributed by atoms with Crippen LogP contribution in [0.4, 0.5) is 15.9 Å². The van der Waals surface area contributed by atoms with Gasteiger partial charge in [0.25, 0.3) is 5.91 Å². The Hall–Kier alpha value is -3.28. The fraction of sp³-hybridized carbons (Fsp3) is 0.0556. The standard InChI is InChI=1S/C18H15FN4O/c19-14-5-3-4-13(10-14)18(24)23-17-8-7-16(12-22-17)21-11-15-6-1-2-9-20-15/h1-10,12,21H,11H2,(H,22,23,24). The molecule has 2 heterocycles. The molecule has 0 aliphatic carbocycles. The van der Waals surface area contributed by atoms with E-state index in [4.69, 9.17) is 0 Å². The van der Waals surface area contributed by atoms with Gasteiger partial charge in [-0.3, -0.25) is 9.78 Å². The highest BCUT2D eigenvalue weighted by molar-refractivity contribution is 6.03. The van der Waals surface area contributed by atoms with Crippen LogP contribution in [0, 0.1) is 5.82 Å². The van der Waals surface area contributed by atoms with Crippen molar-refractivity contribution in [2.75, 3.05) is 10.6 Å². The minimum absolute atomic E-state index is 0.245. The Balaban J connectivity index is 1.59. The topological polar surface area (TPSA) is 66.9 Å². The van der Waals surface area contributed by atoms with Gasteiger partial charge in [-0.05, 0) is 42.5 Å². The maximum absolute atomic E-state index is 13.1. The second-order valence-corrected chi connectivity index (χ2v) is 5.07.